The third-order valence-electron chi connectivity index (χ3n) is 2.51. The molecule has 0 aliphatic rings. The molecule has 104 valence electrons. The number of hydrogen-bond donors (Lipinski definition) is 2. The zero-order valence-corrected chi connectivity index (χ0v) is 10.9. The molecule has 2 rings (SSSR count). The van der Waals surface area contributed by atoms with Crippen LogP contribution in [0.15, 0.2) is 30.9 Å². The van der Waals surface area contributed by atoms with Gasteiger partial charge < -0.3 is 15.2 Å². The van der Waals surface area contributed by atoms with Crippen LogP contribution in [0.1, 0.15) is 23.0 Å². The zero-order valence-electron chi connectivity index (χ0n) is 10.9. The molecule has 0 bridgehead atoms. The number of carboxylic acids is 1. The topological polar surface area (TPSA) is 97.2 Å². The Morgan fingerprint density at radius 1 is 1.35 bits per heavy atom. The van der Waals surface area contributed by atoms with Crippen molar-refractivity contribution >= 4 is 11.7 Å². The van der Waals surface area contributed by atoms with Crippen LogP contribution in [0.2, 0.25) is 0 Å². The van der Waals surface area contributed by atoms with Crippen LogP contribution in [0.4, 0.5) is 5.69 Å². The van der Waals surface area contributed by atoms with Gasteiger partial charge in [-0.25, -0.2) is 19.7 Å². The molecule has 0 aliphatic carbocycles. The summed E-state index contributed by atoms with van der Waals surface area (Å²) in [6.07, 6.45) is 4.22. The predicted octanol–water partition coefficient (Wildman–Crippen LogP) is 1.58. The van der Waals surface area contributed by atoms with Crippen molar-refractivity contribution in [3.05, 3.63) is 42.1 Å². The van der Waals surface area contributed by atoms with Crippen molar-refractivity contribution in [2.24, 2.45) is 0 Å². The molecule has 2 aromatic heterocycles. The van der Waals surface area contributed by atoms with Crippen molar-refractivity contribution in [3.8, 4) is 5.88 Å². The van der Waals surface area contributed by atoms with E-state index in [2.05, 4.69) is 20.3 Å². The molecule has 7 nitrogen and oxygen atoms in total. The Kier molecular flexibility index (Phi) is 4.43. The van der Waals surface area contributed by atoms with Crippen molar-refractivity contribution in [1.29, 1.82) is 0 Å². The summed E-state index contributed by atoms with van der Waals surface area (Å²) in [5.41, 5.74) is 1.25. The second-order valence-electron chi connectivity index (χ2n) is 3.86. The van der Waals surface area contributed by atoms with E-state index in [4.69, 9.17) is 9.84 Å². The maximum atomic E-state index is 11.0. The van der Waals surface area contributed by atoms with E-state index in [0.29, 0.717) is 18.2 Å². The minimum absolute atomic E-state index is 0.0823. The highest BCUT2D eigenvalue weighted by Gasteiger charge is 2.10. The normalized spacial score (nSPS) is 10.1. The first-order valence-corrected chi connectivity index (χ1v) is 6.05. The number of nitrogens with zero attached hydrogens (tertiary/aromatic N) is 3. The van der Waals surface area contributed by atoms with Gasteiger partial charge in [0, 0.05) is 12.3 Å². The first-order valence-electron chi connectivity index (χ1n) is 6.05. The number of nitrogens with one attached hydrogen (secondary N) is 1. The summed E-state index contributed by atoms with van der Waals surface area (Å²) >= 11 is 0. The molecule has 2 N–H and O–H groups in total. The predicted molar refractivity (Wildman–Crippen MR) is 71.7 cm³/mol. The van der Waals surface area contributed by atoms with Gasteiger partial charge in [0.25, 0.3) is 0 Å². The SMILES string of the molecule is CCOc1ccc(NCc2ncncc2C(=O)O)cn1. The van der Waals surface area contributed by atoms with Gasteiger partial charge in [-0.3, -0.25) is 0 Å². The number of aromatic nitrogens is 3. The molecule has 0 fully saturated rings. The molecular weight excluding hydrogens is 260 g/mol. The van der Waals surface area contributed by atoms with Crippen LogP contribution < -0.4 is 10.1 Å². The van der Waals surface area contributed by atoms with E-state index in [1.807, 2.05) is 6.92 Å². The maximum absolute atomic E-state index is 11.0. The number of carboxylic acid groups (broad SMARTS) is 1. The van der Waals surface area contributed by atoms with Crippen LogP contribution in [-0.4, -0.2) is 32.6 Å². The number of rotatable bonds is 6. The monoisotopic (exact) mass is 274 g/mol. The van der Waals surface area contributed by atoms with E-state index in [0.717, 1.165) is 5.69 Å². The molecule has 7 heteroatoms. The van der Waals surface area contributed by atoms with Crippen LogP contribution >= 0.6 is 0 Å². The lowest BCUT2D eigenvalue weighted by molar-refractivity contribution is 0.0694. The summed E-state index contributed by atoms with van der Waals surface area (Å²) < 4.78 is 5.24. The average molecular weight is 274 g/mol. The minimum atomic E-state index is -1.05. The Balaban J connectivity index is 2.03. The van der Waals surface area contributed by atoms with Gasteiger partial charge in [-0.1, -0.05) is 0 Å². The van der Waals surface area contributed by atoms with E-state index < -0.39 is 5.97 Å². The first kappa shape index (κ1) is 13.7. The summed E-state index contributed by atoms with van der Waals surface area (Å²) in [4.78, 5) is 22.8. The molecule has 0 unspecified atom stereocenters. The Hall–Kier alpha value is -2.70. The number of ether oxygens (including phenoxy) is 1. The van der Waals surface area contributed by atoms with Crippen LogP contribution in [0.3, 0.4) is 0 Å². The first-order chi connectivity index (χ1) is 9.70. The van der Waals surface area contributed by atoms with Gasteiger partial charge in [0.05, 0.1) is 30.7 Å². The molecule has 0 spiro atoms. The van der Waals surface area contributed by atoms with E-state index in [1.54, 1.807) is 18.3 Å². The molecule has 0 aliphatic heterocycles. The van der Waals surface area contributed by atoms with Gasteiger partial charge in [-0.2, -0.15) is 0 Å². The number of carbonyl (C=O) groups is 1. The number of pyridine rings is 1. The lowest BCUT2D eigenvalue weighted by Gasteiger charge is -2.08. The number of anilines is 1. The Bertz CT molecular complexity index is 586. The highest BCUT2D eigenvalue weighted by atomic mass is 16.5. The summed E-state index contributed by atoms with van der Waals surface area (Å²) in [6.45, 7) is 2.72. The highest BCUT2D eigenvalue weighted by molar-refractivity contribution is 5.88. The summed E-state index contributed by atoms with van der Waals surface area (Å²) in [5.74, 6) is -0.501. The van der Waals surface area contributed by atoms with E-state index in [-0.39, 0.29) is 12.1 Å². The van der Waals surface area contributed by atoms with Crippen molar-refractivity contribution < 1.29 is 14.6 Å². The Morgan fingerprint density at radius 3 is 2.85 bits per heavy atom. The van der Waals surface area contributed by atoms with E-state index in [1.165, 1.54) is 12.5 Å². The van der Waals surface area contributed by atoms with Gasteiger partial charge in [0.1, 0.15) is 11.9 Å². The lowest BCUT2D eigenvalue weighted by atomic mass is 10.2. The molecule has 0 atom stereocenters. The van der Waals surface area contributed by atoms with Crippen LogP contribution in [-0.2, 0) is 6.54 Å². The van der Waals surface area contributed by atoms with Gasteiger partial charge in [-0.15, -0.1) is 0 Å². The second kappa shape index (κ2) is 6.46. The van der Waals surface area contributed by atoms with Crippen molar-refractivity contribution in [2.75, 3.05) is 11.9 Å². The summed E-state index contributed by atoms with van der Waals surface area (Å²) in [6, 6.07) is 3.55. The molecule has 0 amide bonds. The Labute approximate surface area is 115 Å². The van der Waals surface area contributed by atoms with E-state index in [9.17, 15) is 4.79 Å². The largest absolute Gasteiger partial charge is 0.478 e. The second-order valence-corrected chi connectivity index (χ2v) is 3.86. The Morgan fingerprint density at radius 2 is 2.20 bits per heavy atom. The molecule has 0 radical (unpaired) electrons. The number of aromatic carboxylic acids is 1. The zero-order chi connectivity index (χ0) is 14.4. The molecule has 2 heterocycles. The maximum Gasteiger partial charge on any atom is 0.339 e. The smallest absolute Gasteiger partial charge is 0.339 e. The third kappa shape index (κ3) is 3.41. The fourth-order valence-corrected chi connectivity index (χ4v) is 1.58. The molecule has 20 heavy (non-hydrogen) atoms. The summed E-state index contributed by atoms with van der Waals surface area (Å²) in [7, 11) is 0. The van der Waals surface area contributed by atoms with Crippen LogP contribution in [0.5, 0.6) is 5.88 Å². The fraction of sp³-hybridized carbons (Fsp3) is 0.231. The lowest BCUT2D eigenvalue weighted by Crippen LogP contribution is -2.10. The molecule has 0 aromatic carbocycles. The van der Waals surface area contributed by atoms with Gasteiger partial charge in [-0.05, 0) is 13.0 Å². The van der Waals surface area contributed by atoms with Crippen molar-refractivity contribution in [2.45, 2.75) is 13.5 Å². The highest BCUT2D eigenvalue weighted by Crippen LogP contribution is 2.13. The average Bonchev–Trinajstić information content (AvgIpc) is 2.47. The van der Waals surface area contributed by atoms with Crippen LogP contribution in [0.25, 0.3) is 0 Å². The third-order valence-corrected chi connectivity index (χ3v) is 2.51. The molecule has 0 saturated heterocycles. The van der Waals surface area contributed by atoms with Crippen molar-refractivity contribution in [1.82, 2.24) is 15.0 Å². The fourth-order valence-electron chi connectivity index (χ4n) is 1.58. The van der Waals surface area contributed by atoms with Gasteiger partial charge in [0.15, 0.2) is 0 Å². The van der Waals surface area contributed by atoms with Crippen molar-refractivity contribution in [3.63, 3.8) is 0 Å². The standard InChI is InChI=1S/C13H14N4O3/c1-2-20-12-4-3-9(5-16-12)15-7-11-10(13(18)19)6-14-8-17-11/h3-6,8,15H,2,7H2,1H3,(H,18,19). The number of hydrogen-bond acceptors (Lipinski definition) is 6. The van der Waals surface area contributed by atoms with E-state index >= 15 is 0 Å². The molecule has 2 aromatic rings. The van der Waals surface area contributed by atoms with Gasteiger partial charge in [0.2, 0.25) is 5.88 Å². The molecular formula is C13H14N4O3. The molecule has 0 saturated carbocycles. The van der Waals surface area contributed by atoms with Gasteiger partial charge >= 0.3 is 5.97 Å². The minimum Gasteiger partial charge on any atom is -0.478 e. The summed E-state index contributed by atoms with van der Waals surface area (Å²) in [5, 5.41) is 12.1. The quantitative estimate of drug-likeness (QED) is 0.825. The van der Waals surface area contributed by atoms with Crippen LogP contribution in [0, 0.1) is 0 Å².